The van der Waals surface area contributed by atoms with Gasteiger partial charge in [0.1, 0.15) is 0 Å². The molecule has 5 nitrogen and oxygen atoms in total. The van der Waals surface area contributed by atoms with Crippen molar-refractivity contribution in [1.82, 2.24) is 20.3 Å². The molecule has 0 aromatic carbocycles. The summed E-state index contributed by atoms with van der Waals surface area (Å²) in [6, 6.07) is 0. The van der Waals surface area contributed by atoms with Crippen LogP contribution in [0.4, 0.5) is 0 Å². The van der Waals surface area contributed by atoms with Crippen LogP contribution < -0.4 is 5.32 Å². The van der Waals surface area contributed by atoms with Gasteiger partial charge in [-0.3, -0.25) is 0 Å². The zero-order chi connectivity index (χ0) is 13.0. The van der Waals surface area contributed by atoms with Gasteiger partial charge in [0.2, 0.25) is 0 Å². The lowest BCUT2D eigenvalue weighted by atomic mass is 9.94. The van der Waals surface area contributed by atoms with Gasteiger partial charge in [-0.1, -0.05) is 19.1 Å². The van der Waals surface area contributed by atoms with E-state index in [1.807, 2.05) is 7.05 Å². The molecule has 0 bridgehead atoms. The third-order valence-electron chi connectivity index (χ3n) is 3.34. The molecular weight excluding hydrogens is 228 g/mol. The highest BCUT2D eigenvalue weighted by Gasteiger charge is 2.24. The quantitative estimate of drug-likeness (QED) is 0.864. The molecule has 1 fully saturated rings. The van der Waals surface area contributed by atoms with Gasteiger partial charge in [0, 0.05) is 32.2 Å². The first kappa shape index (κ1) is 13.5. The van der Waals surface area contributed by atoms with Gasteiger partial charge in [0.25, 0.3) is 0 Å². The van der Waals surface area contributed by atoms with Crippen LogP contribution in [0.25, 0.3) is 0 Å². The first-order valence-corrected chi connectivity index (χ1v) is 6.87. The van der Waals surface area contributed by atoms with Crippen molar-refractivity contribution in [3.8, 4) is 0 Å². The van der Waals surface area contributed by atoms with Crippen LogP contribution in [0.3, 0.4) is 0 Å². The number of hydrogen-bond acceptors (Lipinski definition) is 4. The Hall–Kier alpha value is -0.940. The molecule has 1 aliphatic heterocycles. The van der Waals surface area contributed by atoms with E-state index in [0.29, 0.717) is 11.8 Å². The van der Waals surface area contributed by atoms with Crippen LogP contribution in [0.2, 0.25) is 0 Å². The number of hydrogen-bond donors (Lipinski definition) is 1. The van der Waals surface area contributed by atoms with E-state index in [0.717, 1.165) is 44.8 Å². The minimum absolute atomic E-state index is 0.552. The second-order valence-corrected chi connectivity index (χ2v) is 5.41. The first-order chi connectivity index (χ1) is 8.72. The highest BCUT2D eigenvalue weighted by atomic mass is 16.5. The van der Waals surface area contributed by atoms with Gasteiger partial charge in [0.05, 0.1) is 11.4 Å². The van der Waals surface area contributed by atoms with Crippen LogP contribution in [-0.2, 0) is 17.8 Å². The predicted molar refractivity (Wildman–Crippen MR) is 70.4 cm³/mol. The van der Waals surface area contributed by atoms with Crippen LogP contribution >= 0.6 is 0 Å². The lowest BCUT2D eigenvalue weighted by Crippen LogP contribution is -2.21. The van der Waals surface area contributed by atoms with E-state index in [-0.39, 0.29) is 0 Å². The number of aromatic nitrogens is 3. The summed E-state index contributed by atoms with van der Waals surface area (Å²) >= 11 is 0. The minimum atomic E-state index is 0.552. The fourth-order valence-electron chi connectivity index (χ4n) is 2.55. The normalized spacial score (nSPS) is 17.6. The van der Waals surface area contributed by atoms with Gasteiger partial charge in [-0.2, -0.15) is 0 Å². The lowest BCUT2D eigenvalue weighted by Gasteiger charge is -2.24. The Balaban J connectivity index is 2.23. The fourth-order valence-corrected chi connectivity index (χ4v) is 2.55. The second kappa shape index (κ2) is 6.29. The molecule has 102 valence electrons. The Morgan fingerprint density at radius 1 is 1.39 bits per heavy atom. The monoisotopic (exact) mass is 252 g/mol. The van der Waals surface area contributed by atoms with Crippen molar-refractivity contribution in [3.05, 3.63) is 11.4 Å². The van der Waals surface area contributed by atoms with E-state index in [4.69, 9.17) is 4.74 Å². The van der Waals surface area contributed by atoms with Gasteiger partial charge in [-0.15, -0.1) is 5.10 Å². The first-order valence-electron chi connectivity index (χ1n) is 6.87. The van der Waals surface area contributed by atoms with E-state index in [9.17, 15) is 0 Å². The van der Waals surface area contributed by atoms with E-state index in [2.05, 4.69) is 34.2 Å². The van der Waals surface area contributed by atoms with Gasteiger partial charge in [-0.25, -0.2) is 4.68 Å². The van der Waals surface area contributed by atoms with E-state index in [1.165, 1.54) is 5.69 Å². The molecule has 0 unspecified atom stereocenters. The van der Waals surface area contributed by atoms with Gasteiger partial charge < -0.3 is 10.1 Å². The smallest absolute Gasteiger partial charge is 0.0999 e. The molecule has 0 spiro atoms. The van der Waals surface area contributed by atoms with Crippen molar-refractivity contribution < 1.29 is 4.74 Å². The summed E-state index contributed by atoms with van der Waals surface area (Å²) in [7, 11) is 1.95. The highest BCUT2D eigenvalue weighted by Crippen LogP contribution is 2.29. The van der Waals surface area contributed by atoms with Gasteiger partial charge in [-0.05, 0) is 25.8 Å². The number of rotatable bonds is 5. The Bertz CT molecular complexity index is 369. The van der Waals surface area contributed by atoms with Gasteiger partial charge >= 0.3 is 0 Å². The Morgan fingerprint density at radius 2 is 2.11 bits per heavy atom. The highest BCUT2D eigenvalue weighted by molar-refractivity contribution is 5.16. The van der Waals surface area contributed by atoms with Crippen molar-refractivity contribution in [3.63, 3.8) is 0 Å². The van der Waals surface area contributed by atoms with Crippen molar-refractivity contribution in [2.45, 2.75) is 45.7 Å². The molecular formula is C13H24N4O. The Labute approximate surface area is 109 Å². The zero-order valence-electron chi connectivity index (χ0n) is 11.6. The third-order valence-corrected chi connectivity index (χ3v) is 3.34. The molecule has 1 saturated heterocycles. The summed E-state index contributed by atoms with van der Waals surface area (Å²) < 4.78 is 7.56. The molecule has 0 saturated carbocycles. The Morgan fingerprint density at radius 3 is 2.72 bits per heavy atom. The molecule has 2 heterocycles. The maximum atomic E-state index is 5.45. The molecule has 1 N–H and O–H groups in total. The summed E-state index contributed by atoms with van der Waals surface area (Å²) in [5.74, 6) is 1.14. The van der Waals surface area contributed by atoms with Gasteiger partial charge in [0.15, 0.2) is 0 Å². The summed E-state index contributed by atoms with van der Waals surface area (Å²) in [6.07, 6.45) is 2.17. The molecule has 5 heteroatoms. The molecule has 0 amide bonds. The van der Waals surface area contributed by atoms with Crippen molar-refractivity contribution in [1.29, 1.82) is 0 Å². The maximum Gasteiger partial charge on any atom is 0.0999 e. The summed E-state index contributed by atoms with van der Waals surface area (Å²) in [4.78, 5) is 0. The number of nitrogens with one attached hydrogen (secondary N) is 1. The molecule has 18 heavy (non-hydrogen) atoms. The molecule has 0 aliphatic carbocycles. The topological polar surface area (TPSA) is 52.0 Å². The van der Waals surface area contributed by atoms with E-state index >= 15 is 0 Å². The Kier molecular flexibility index (Phi) is 4.72. The molecule has 1 aromatic heterocycles. The van der Waals surface area contributed by atoms with Crippen LogP contribution in [0.5, 0.6) is 0 Å². The maximum absolute atomic E-state index is 5.45. The van der Waals surface area contributed by atoms with Crippen LogP contribution in [0.15, 0.2) is 0 Å². The minimum Gasteiger partial charge on any atom is -0.381 e. The van der Waals surface area contributed by atoms with Crippen molar-refractivity contribution in [2.75, 3.05) is 20.3 Å². The standard InChI is InChI=1S/C13H24N4O/c1-10(2)9-17-13(11-4-6-18-7-5-11)12(8-14-3)15-16-17/h10-11,14H,4-9H2,1-3H3. The third kappa shape index (κ3) is 3.09. The summed E-state index contributed by atoms with van der Waals surface area (Å²) in [6.45, 7) is 7.89. The summed E-state index contributed by atoms with van der Waals surface area (Å²) in [5.41, 5.74) is 2.42. The summed E-state index contributed by atoms with van der Waals surface area (Å²) in [5, 5.41) is 11.9. The van der Waals surface area contributed by atoms with Crippen LogP contribution in [-0.4, -0.2) is 35.3 Å². The zero-order valence-corrected chi connectivity index (χ0v) is 11.6. The van der Waals surface area contributed by atoms with E-state index < -0.39 is 0 Å². The lowest BCUT2D eigenvalue weighted by molar-refractivity contribution is 0.0831. The average Bonchev–Trinajstić information content (AvgIpc) is 2.73. The van der Waals surface area contributed by atoms with E-state index in [1.54, 1.807) is 0 Å². The second-order valence-electron chi connectivity index (χ2n) is 5.41. The predicted octanol–water partition coefficient (Wildman–Crippen LogP) is 1.55. The average molecular weight is 252 g/mol. The molecule has 1 aliphatic rings. The molecule has 1 aromatic rings. The number of ether oxygens (including phenoxy) is 1. The number of nitrogens with zero attached hydrogens (tertiary/aromatic N) is 3. The molecule has 0 atom stereocenters. The molecule has 2 rings (SSSR count). The molecule has 0 radical (unpaired) electrons. The largest absolute Gasteiger partial charge is 0.381 e. The van der Waals surface area contributed by atoms with Crippen LogP contribution in [0.1, 0.15) is 44.0 Å². The van der Waals surface area contributed by atoms with Crippen molar-refractivity contribution >= 4 is 0 Å². The SMILES string of the molecule is CNCc1nnn(CC(C)C)c1C1CCOCC1. The van der Waals surface area contributed by atoms with Crippen LogP contribution in [0, 0.1) is 5.92 Å². The fraction of sp³-hybridized carbons (Fsp3) is 0.846. The van der Waals surface area contributed by atoms with Crippen molar-refractivity contribution in [2.24, 2.45) is 5.92 Å².